The monoisotopic (exact) mass is 510 g/mol. The van der Waals surface area contributed by atoms with E-state index in [1.165, 1.54) is 24.3 Å². The van der Waals surface area contributed by atoms with Crippen LogP contribution in [0.4, 0.5) is 26.3 Å². The van der Waals surface area contributed by atoms with Gasteiger partial charge in [0.2, 0.25) is 0 Å². The lowest BCUT2D eigenvalue weighted by molar-refractivity contribution is -0.274. The molecule has 3 nitrogen and oxygen atoms in total. The molecule has 0 bridgehead atoms. The SMILES string of the molecule is Cl.Cl.FC(F)(F)Oc1ccc([C@H](c2ccc(Cl)cc2C(F)(F)F)N2CCNCC2)cc1. The molecule has 174 valence electrons. The molecule has 1 N–H and O–H groups in total. The highest BCUT2D eigenvalue weighted by molar-refractivity contribution is 6.30. The Hall–Kier alpha value is -1.39. The molecule has 0 spiro atoms. The van der Waals surface area contributed by atoms with Crippen LogP contribution < -0.4 is 10.1 Å². The number of hydrogen-bond donors (Lipinski definition) is 1. The van der Waals surface area contributed by atoms with Crippen LogP contribution in [0.5, 0.6) is 5.75 Å². The van der Waals surface area contributed by atoms with Crippen molar-refractivity contribution in [3.05, 3.63) is 64.2 Å². The van der Waals surface area contributed by atoms with Gasteiger partial charge < -0.3 is 10.1 Å². The van der Waals surface area contributed by atoms with Crippen molar-refractivity contribution in [2.24, 2.45) is 0 Å². The standard InChI is InChI=1S/C19H17ClF6N2O.2ClH/c20-13-3-6-15(16(11-13)18(21,22)23)17(28-9-7-27-8-10-28)12-1-4-14(5-2-12)29-19(24,25)26;;/h1-6,11,17,27H,7-10H2;2*1H/t17-;;/m1../s1. The van der Waals surface area contributed by atoms with Crippen molar-refractivity contribution in [2.45, 2.75) is 18.6 Å². The fourth-order valence-corrected chi connectivity index (χ4v) is 3.56. The Bertz CT molecular complexity index is 840. The van der Waals surface area contributed by atoms with Crippen LogP contribution >= 0.6 is 36.4 Å². The normalized spacial score (nSPS) is 16.1. The number of hydrogen-bond acceptors (Lipinski definition) is 3. The van der Waals surface area contributed by atoms with Crippen molar-refractivity contribution in [3.63, 3.8) is 0 Å². The molecule has 3 rings (SSSR count). The van der Waals surface area contributed by atoms with Gasteiger partial charge in [0.15, 0.2) is 0 Å². The van der Waals surface area contributed by atoms with Crippen LogP contribution in [0.25, 0.3) is 0 Å². The molecule has 2 aromatic rings. The molecule has 12 heteroatoms. The topological polar surface area (TPSA) is 24.5 Å². The third-order valence-corrected chi connectivity index (χ3v) is 4.80. The third kappa shape index (κ3) is 7.32. The van der Waals surface area contributed by atoms with Gasteiger partial charge in [0.25, 0.3) is 0 Å². The lowest BCUT2D eigenvalue weighted by Crippen LogP contribution is -2.45. The van der Waals surface area contributed by atoms with Gasteiger partial charge in [0.1, 0.15) is 5.75 Å². The zero-order valence-corrected chi connectivity index (χ0v) is 18.2. The fraction of sp³-hybridized carbons (Fsp3) is 0.368. The number of nitrogens with one attached hydrogen (secondary N) is 1. The molecule has 0 radical (unpaired) electrons. The first-order valence-corrected chi connectivity index (χ1v) is 9.09. The summed E-state index contributed by atoms with van der Waals surface area (Å²) in [5.41, 5.74) is -0.452. The summed E-state index contributed by atoms with van der Waals surface area (Å²) >= 11 is 5.79. The molecule has 0 unspecified atom stereocenters. The van der Waals surface area contributed by atoms with Crippen LogP contribution in [0.15, 0.2) is 42.5 Å². The van der Waals surface area contributed by atoms with E-state index in [0.29, 0.717) is 31.7 Å². The smallest absolute Gasteiger partial charge is 0.406 e. The summed E-state index contributed by atoms with van der Waals surface area (Å²) < 4.78 is 82.1. The molecular weight excluding hydrogens is 493 g/mol. The zero-order valence-electron chi connectivity index (χ0n) is 15.8. The van der Waals surface area contributed by atoms with Crippen molar-refractivity contribution < 1.29 is 31.1 Å². The molecule has 31 heavy (non-hydrogen) atoms. The maximum Gasteiger partial charge on any atom is 0.573 e. The Morgan fingerprint density at radius 3 is 2.00 bits per heavy atom. The number of nitrogens with zero attached hydrogens (tertiary/aromatic N) is 1. The van der Waals surface area contributed by atoms with E-state index in [4.69, 9.17) is 11.6 Å². The van der Waals surface area contributed by atoms with Gasteiger partial charge in [0.05, 0.1) is 11.6 Å². The first-order chi connectivity index (χ1) is 13.5. The maximum atomic E-state index is 13.7. The van der Waals surface area contributed by atoms with Gasteiger partial charge in [-0.1, -0.05) is 29.8 Å². The van der Waals surface area contributed by atoms with Crippen LogP contribution in [-0.2, 0) is 6.18 Å². The van der Waals surface area contributed by atoms with Crippen molar-refractivity contribution in [1.82, 2.24) is 10.2 Å². The number of rotatable bonds is 4. The molecule has 0 saturated carbocycles. The molecule has 1 aliphatic rings. The van der Waals surface area contributed by atoms with Gasteiger partial charge >= 0.3 is 12.5 Å². The summed E-state index contributed by atoms with van der Waals surface area (Å²) in [4.78, 5) is 1.86. The summed E-state index contributed by atoms with van der Waals surface area (Å²) in [5.74, 6) is -0.438. The Morgan fingerprint density at radius 2 is 1.48 bits per heavy atom. The van der Waals surface area contributed by atoms with Crippen LogP contribution in [0, 0.1) is 0 Å². The average molecular weight is 512 g/mol. The quantitative estimate of drug-likeness (QED) is 0.503. The van der Waals surface area contributed by atoms with E-state index in [1.54, 1.807) is 0 Å². The van der Waals surface area contributed by atoms with E-state index >= 15 is 0 Å². The second-order valence-electron chi connectivity index (χ2n) is 6.53. The molecule has 1 saturated heterocycles. The van der Waals surface area contributed by atoms with Gasteiger partial charge in [-0.3, -0.25) is 4.90 Å². The molecule has 1 atom stereocenters. The third-order valence-electron chi connectivity index (χ3n) is 4.56. The summed E-state index contributed by atoms with van der Waals surface area (Å²) in [7, 11) is 0. The van der Waals surface area contributed by atoms with Crippen LogP contribution in [-0.4, -0.2) is 37.4 Å². The first kappa shape index (κ1) is 27.6. The van der Waals surface area contributed by atoms with Crippen molar-refractivity contribution in [2.75, 3.05) is 26.2 Å². The van der Waals surface area contributed by atoms with Crippen LogP contribution in [0.2, 0.25) is 5.02 Å². The lowest BCUT2D eigenvalue weighted by atomic mass is 9.92. The van der Waals surface area contributed by atoms with Gasteiger partial charge in [-0.2, -0.15) is 13.2 Å². The summed E-state index contributed by atoms with van der Waals surface area (Å²) in [6.07, 6.45) is -9.48. The van der Waals surface area contributed by atoms with E-state index in [0.717, 1.165) is 18.2 Å². The highest BCUT2D eigenvalue weighted by atomic mass is 35.5. The molecule has 1 aliphatic heterocycles. The number of halogens is 9. The van der Waals surface area contributed by atoms with Gasteiger partial charge in [0, 0.05) is 31.2 Å². The molecule has 1 fully saturated rings. The number of ether oxygens (including phenoxy) is 1. The molecule has 0 aromatic heterocycles. The highest BCUT2D eigenvalue weighted by Crippen LogP contribution is 2.40. The largest absolute Gasteiger partial charge is 0.573 e. The molecule has 0 aliphatic carbocycles. The predicted octanol–water partition coefficient (Wildman–Crippen LogP) is 6.10. The van der Waals surface area contributed by atoms with Crippen LogP contribution in [0.3, 0.4) is 0 Å². The van der Waals surface area contributed by atoms with Crippen LogP contribution in [0.1, 0.15) is 22.7 Å². The number of alkyl halides is 6. The van der Waals surface area contributed by atoms with Crippen molar-refractivity contribution >= 4 is 36.4 Å². The Kier molecular flexibility index (Phi) is 9.77. The molecule has 2 aromatic carbocycles. The second kappa shape index (κ2) is 11.0. The van der Waals surface area contributed by atoms with Crippen molar-refractivity contribution in [3.8, 4) is 5.75 Å². The highest BCUT2D eigenvalue weighted by Gasteiger charge is 2.38. The molecule has 1 heterocycles. The van der Waals surface area contributed by atoms with Gasteiger partial charge in [-0.05, 0) is 35.4 Å². The minimum atomic E-state index is -4.85. The number of piperazine rings is 1. The lowest BCUT2D eigenvalue weighted by Gasteiger charge is -2.36. The van der Waals surface area contributed by atoms with E-state index < -0.39 is 29.9 Å². The van der Waals surface area contributed by atoms with E-state index in [1.807, 2.05) is 4.90 Å². The molecule has 0 amide bonds. The van der Waals surface area contributed by atoms with E-state index in [9.17, 15) is 26.3 Å². The minimum absolute atomic E-state index is 0. The first-order valence-electron chi connectivity index (χ1n) is 8.72. The van der Waals surface area contributed by atoms with Gasteiger partial charge in [-0.15, -0.1) is 38.0 Å². The Morgan fingerprint density at radius 1 is 0.903 bits per heavy atom. The zero-order chi connectivity index (χ0) is 21.2. The number of benzene rings is 2. The Labute approximate surface area is 192 Å². The molecular formula is C19H19Cl3F6N2O. The summed E-state index contributed by atoms with van der Waals surface area (Å²) in [5, 5.41) is 3.08. The Balaban J connectivity index is 0.00000240. The van der Waals surface area contributed by atoms with E-state index in [-0.39, 0.29) is 35.4 Å². The predicted molar refractivity (Wildman–Crippen MR) is 110 cm³/mol. The average Bonchev–Trinajstić information content (AvgIpc) is 2.63. The second-order valence-corrected chi connectivity index (χ2v) is 6.97. The van der Waals surface area contributed by atoms with Crippen molar-refractivity contribution in [1.29, 1.82) is 0 Å². The van der Waals surface area contributed by atoms with E-state index in [2.05, 4.69) is 10.1 Å². The maximum absolute atomic E-state index is 13.7. The summed E-state index contributed by atoms with van der Waals surface area (Å²) in [6, 6.07) is 7.66. The summed E-state index contributed by atoms with van der Waals surface area (Å²) in [6.45, 7) is 2.12. The minimum Gasteiger partial charge on any atom is -0.406 e. The fourth-order valence-electron chi connectivity index (χ4n) is 3.39. The van der Waals surface area contributed by atoms with Gasteiger partial charge in [-0.25, -0.2) is 0 Å².